The van der Waals surface area contributed by atoms with Gasteiger partial charge in [0.2, 0.25) is 0 Å². The first kappa shape index (κ1) is 33.0. The van der Waals surface area contributed by atoms with Gasteiger partial charge in [0.1, 0.15) is 0 Å². The summed E-state index contributed by atoms with van der Waals surface area (Å²) in [7, 11) is 0. The molecule has 1 radical (unpaired) electrons. The number of pyridine rings is 3. The molecule has 0 unspecified atom stereocenters. The van der Waals surface area contributed by atoms with Gasteiger partial charge in [-0.2, -0.15) is 0 Å². The number of benzene rings is 4. The molecule has 0 fully saturated rings. The van der Waals surface area contributed by atoms with E-state index in [1.165, 1.54) is 44.2 Å². The normalized spacial score (nSPS) is 10.9. The number of nitrogens with zero attached hydrogens (tertiary/aromatic N) is 3. The molecule has 0 aliphatic heterocycles. The summed E-state index contributed by atoms with van der Waals surface area (Å²) in [6.07, 6.45) is 8.22. The maximum absolute atomic E-state index is 5.69. The monoisotopic (exact) mass is 802 g/mol. The standard InChI is InChI=1S/C28H19N2O.C15H16N.Ir/c1-18-12-25-24(16-23-9-11-31-28(23)27(25)30-17-18)26-15-20(8-10-29-26)13-19-6-7-21-4-2-3-5-22(21)14-19;1-10-5-6-14(7-11(10)2)15-8-12(3)13(4)9-16-15;/h2-12,14-15,17H,13H2,1H3;5,7-9H,1-4H3;/q2*-1;. The summed E-state index contributed by atoms with van der Waals surface area (Å²) >= 11 is 0. The third-order valence-corrected chi connectivity index (χ3v) is 8.81. The molecule has 4 aromatic heterocycles. The van der Waals surface area contributed by atoms with Gasteiger partial charge >= 0.3 is 0 Å². The Hall–Kier alpha value is -4.96. The van der Waals surface area contributed by atoms with E-state index in [9.17, 15) is 0 Å². The second kappa shape index (κ2) is 14.0. The minimum Gasteiger partial charge on any atom is -0.506 e. The Morgan fingerprint density at radius 3 is 2.27 bits per heavy atom. The van der Waals surface area contributed by atoms with Crippen LogP contribution in [0.5, 0.6) is 0 Å². The van der Waals surface area contributed by atoms with E-state index in [1.54, 1.807) is 6.26 Å². The fourth-order valence-corrected chi connectivity index (χ4v) is 5.83. The van der Waals surface area contributed by atoms with Crippen LogP contribution in [0.4, 0.5) is 0 Å². The molecular formula is C43H35IrN3O-2. The molecule has 0 atom stereocenters. The zero-order valence-corrected chi connectivity index (χ0v) is 30.1. The van der Waals surface area contributed by atoms with E-state index in [4.69, 9.17) is 4.42 Å². The van der Waals surface area contributed by atoms with E-state index in [-0.39, 0.29) is 20.1 Å². The van der Waals surface area contributed by atoms with Gasteiger partial charge in [-0.15, -0.1) is 41.0 Å². The van der Waals surface area contributed by atoms with Gasteiger partial charge in [-0.05, 0) is 72.0 Å². The molecule has 4 heterocycles. The van der Waals surface area contributed by atoms with E-state index in [0.29, 0.717) is 0 Å². The summed E-state index contributed by atoms with van der Waals surface area (Å²) in [5.74, 6) is 0. The van der Waals surface area contributed by atoms with E-state index in [0.717, 1.165) is 56.4 Å². The van der Waals surface area contributed by atoms with Gasteiger partial charge in [-0.25, -0.2) is 0 Å². The predicted octanol–water partition coefficient (Wildman–Crippen LogP) is 10.7. The van der Waals surface area contributed by atoms with Crippen LogP contribution in [0.15, 0.2) is 114 Å². The van der Waals surface area contributed by atoms with E-state index < -0.39 is 0 Å². The van der Waals surface area contributed by atoms with Crippen molar-refractivity contribution in [2.75, 3.05) is 0 Å². The fraction of sp³-hybridized carbons (Fsp3) is 0.140. The van der Waals surface area contributed by atoms with Crippen LogP contribution in [0.3, 0.4) is 0 Å². The van der Waals surface area contributed by atoms with E-state index in [2.05, 4.69) is 128 Å². The molecule has 4 nitrogen and oxygen atoms in total. The van der Waals surface area contributed by atoms with Crippen molar-refractivity contribution in [3.8, 4) is 22.5 Å². The second-order valence-electron chi connectivity index (χ2n) is 12.3. The Balaban J connectivity index is 0.000000201. The van der Waals surface area contributed by atoms with Gasteiger partial charge in [0.25, 0.3) is 0 Å². The Bertz CT molecular complexity index is 2360. The first-order valence-corrected chi connectivity index (χ1v) is 15.9. The van der Waals surface area contributed by atoms with Crippen LogP contribution < -0.4 is 0 Å². The van der Waals surface area contributed by atoms with E-state index in [1.807, 2.05) is 37.6 Å². The molecule has 0 aliphatic carbocycles. The molecule has 0 saturated heterocycles. The van der Waals surface area contributed by atoms with Crippen molar-refractivity contribution in [2.45, 2.75) is 41.0 Å². The quantitative estimate of drug-likeness (QED) is 0.166. The number of aryl methyl sites for hydroxylation is 5. The summed E-state index contributed by atoms with van der Waals surface area (Å²) in [4.78, 5) is 13.8. The number of furan rings is 1. The number of hydrogen-bond acceptors (Lipinski definition) is 4. The summed E-state index contributed by atoms with van der Waals surface area (Å²) in [5, 5.41) is 4.46. The first-order valence-electron chi connectivity index (χ1n) is 15.9. The zero-order valence-electron chi connectivity index (χ0n) is 27.7. The van der Waals surface area contributed by atoms with Crippen molar-refractivity contribution >= 4 is 32.6 Å². The van der Waals surface area contributed by atoms with Gasteiger partial charge in [0.15, 0.2) is 0 Å². The fourth-order valence-electron chi connectivity index (χ4n) is 5.83. The number of rotatable bonds is 4. The Kier molecular flexibility index (Phi) is 9.63. The molecule has 0 N–H and O–H groups in total. The zero-order chi connectivity index (χ0) is 32.5. The summed E-state index contributed by atoms with van der Waals surface area (Å²) in [6.45, 7) is 10.5. The number of aromatic nitrogens is 3. The van der Waals surface area contributed by atoms with Crippen molar-refractivity contribution in [2.24, 2.45) is 0 Å². The van der Waals surface area contributed by atoms with Crippen molar-refractivity contribution in [1.82, 2.24) is 15.0 Å². The molecule has 0 saturated carbocycles. The smallest absolute Gasteiger partial charge is 0.0847 e. The molecule has 239 valence electrons. The van der Waals surface area contributed by atoms with Gasteiger partial charge in [0.05, 0.1) is 5.58 Å². The second-order valence-corrected chi connectivity index (χ2v) is 12.3. The van der Waals surface area contributed by atoms with Crippen LogP contribution in [0, 0.1) is 46.8 Å². The Morgan fingerprint density at radius 1 is 0.667 bits per heavy atom. The Labute approximate surface area is 295 Å². The van der Waals surface area contributed by atoms with Gasteiger partial charge in [0, 0.05) is 56.2 Å². The van der Waals surface area contributed by atoms with Crippen molar-refractivity contribution in [3.05, 3.63) is 161 Å². The molecule has 0 aliphatic rings. The van der Waals surface area contributed by atoms with Gasteiger partial charge in [-0.1, -0.05) is 102 Å². The van der Waals surface area contributed by atoms with Crippen LogP contribution in [-0.4, -0.2) is 15.0 Å². The summed E-state index contributed by atoms with van der Waals surface area (Å²) in [6, 6.07) is 36.5. The molecule has 0 spiro atoms. The van der Waals surface area contributed by atoms with E-state index >= 15 is 0 Å². The topological polar surface area (TPSA) is 51.8 Å². The van der Waals surface area contributed by atoms with Crippen molar-refractivity contribution < 1.29 is 24.5 Å². The molecule has 8 aromatic rings. The predicted molar refractivity (Wildman–Crippen MR) is 193 cm³/mol. The average molecular weight is 802 g/mol. The SMILES string of the molecule is Cc1c[c-]c(-c2cc(C)c(C)cn2)cc1C.Cc1cnc2c(c1)c(-c1cc(Cc3ccc4ccccc4c3)ccn1)[c-]c1ccoc12.[Ir]. The minimum atomic E-state index is 0. The molecule has 5 heteroatoms. The molecule has 0 amide bonds. The minimum absolute atomic E-state index is 0. The van der Waals surface area contributed by atoms with Gasteiger partial charge in [-0.3, -0.25) is 9.97 Å². The number of hydrogen-bond donors (Lipinski definition) is 0. The third-order valence-electron chi connectivity index (χ3n) is 8.81. The maximum atomic E-state index is 5.69. The van der Waals surface area contributed by atoms with Crippen LogP contribution >= 0.6 is 0 Å². The van der Waals surface area contributed by atoms with Crippen LogP contribution in [0.1, 0.15) is 38.9 Å². The molecule has 48 heavy (non-hydrogen) atoms. The first-order chi connectivity index (χ1) is 22.8. The average Bonchev–Trinajstić information content (AvgIpc) is 3.56. The van der Waals surface area contributed by atoms with Crippen molar-refractivity contribution in [3.63, 3.8) is 0 Å². The molecule has 0 bridgehead atoms. The summed E-state index contributed by atoms with van der Waals surface area (Å²) < 4.78 is 5.69. The van der Waals surface area contributed by atoms with Gasteiger partial charge < -0.3 is 9.40 Å². The molecule has 8 rings (SSSR count). The molecular weight excluding hydrogens is 767 g/mol. The van der Waals surface area contributed by atoms with Crippen LogP contribution in [0.2, 0.25) is 0 Å². The third kappa shape index (κ3) is 6.85. The largest absolute Gasteiger partial charge is 0.506 e. The molecule has 4 aromatic carbocycles. The maximum Gasteiger partial charge on any atom is 0.0847 e. The van der Waals surface area contributed by atoms with Crippen LogP contribution in [-0.2, 0) is 26.5 Å². The number of fused-ring (bicyclic) bond motifs is 4. The Morgan fingerprint density at radius 2 is 1.46 bits per heavy atom. The van der Waals surface area contributed by atoms with Crippen LogP contribution in [0.25, 0.3) is 55.2 Å². The van der Waals surface area contributed by atoms with Crippen molar-refractivity contribution in [1.29, 1.82) is 0 Å². The summed E-state index contributed by atoms with van der Waals surface area (Å²) in [5.41, 5.74) is 14.2.